The summed E-state index contributed by atoms with van der Waals surface area (Å²) in [6, 6.07) is 4.08. The number of thioether (sulfide) groups is 1. The molecule has 0 aromatic carbocycles. The SMILES string of the molecule is Cc1ccc2nc(CSCC(=O)N3CCC(OCCCN)CC3)cn2c1. The van der Waals surface area contributed by atoms with Crippen LogP contribution in [0.1, 0.15) is 30.5 Å². The first-order valence-electron chi connectivity index (χ1n) is 9.27. The van der Waals surface area contributed by atoms with E-state index in [9.17, 15) is 4.79 Å². The molecule has 7 heteroatoms. The Kier molecular flexibility index (Phi) is 6.93. The van der Waals surface area contributed by atoms with Crippen molar-refractivity contribution in [2.75, 3.05) is 32.0 Å². The minimum absolute atomic E-state index is 0.218. The summed E-state index contributed by atoms with van der Waals surface area (Å²) in [5.41, 5.74) is 8.66. The number of nitrogens with two attached hydrogens (primary N) is 1. The highest BCUT2D eigenvalue weighted by Crippen LogP contribution is 2.17. The zero-order valence-electron chi connectivity index (χ0n) is 15.4. The molecule has 2 N–H and O–H groups in total. The van der Waals surface area contributed by atoms with Crippen LogP contribution in [0.2, 0.25) is 0 Å². The monoisotopic (exact) mass is 376 g/mol. The molecule has 26 heavy (non-hydrogen) atoms. The first-order chi connectivity index (χ1) is 12.7. The lowest BCUT2D eigenvalue weighted by molar-refractivity contribution is -0.130. The average Bonchev–Trinajstić information content (AvgIpc) is 3.04. The van der Waals surface area contributed by atoms with Crippen molar-refractivity contribution in [3.8, 4) is 0 Å². The molecule has 1 amide bonds. The van der Waals surface area contributed by atoms with Crippen molar-refractivity contribution in [3.63, 3.8) is 0 Å². The van der Waals surface area contributed by atoms with Gasteiger partial charge in [0.05, 0.1) is 17.6 Å². The molecular formula is C19H28N4O2S. The molecule has 142 valence electrons. The largest absolute Gasteiger partial charge is 0.378 e. The minimum atomic E-state index is 0.218. The maximum absolute atomic E-state index is 12.4. The van der Waals surface area contributed by atoms with Crippen LogP contribution in [0.4, 0.5) is 0 Å². The number of imidazole rings is 1. The fraction of sp³-hybridized carbons (Fsp3) is 0.579. The number of ether oxygens (including phenoxy) is 1. The number of hydrogen-bond acceptors (Lipinski definition) is 5. The Hall–Kier alpha value is -1.57. The number of pyridine rings is 1. The van der Waals surface area contributed by atoms with Gasteiger partial charge in [-0.25, -0.2) is 4.98 Å². The second kappa shape index (κ2) is 9.39. The maximum atomic E-state index is 12.4. The molecule has 6 nitrogen and oxygen atoms in total. The van der Waals surface area contributed by atoms with Crippen LogP contribution in [0.3, 0.4) is 0 Å². The normalized spacial score (nSPS) is 15.7. The number of piperidine rings is 1. The van der Waals surface area contributed by atoms with Crippen molar-refractivity contribution in [2.45, 2.75) is 38.0 Å². The van der Waals surface area contributed by atoms with Gasteiger partial charge < -0.3 is 19.8 Å². The molecule has 2 aromatic rings. The lowest BCUT2D eigenvalue weighted by atomic mass is 10.1. The standard InChI is InChI=1S/C19H28N4O2S/c1-15-3-4-18-21-16(12-23(18)11-15)13-26-14-19(24)22-8-5-17(6-9-22)25-10-2-7-20/h3-4,11-12,17H,2,5-10,13-14,20H2,1H3. The van der Waals surface area contributed by atoms with Gasteiger partial charge in [0.15, 0.2) is 0 Å². The minimum Gasteiger partial charge on any atom is -0.378 e. The van der Waals surface area contributed by atoms with Gasteiger partial charge in [-0.2, -0.15) is 0 Å². The van der Waals surface area contributed by atoms with Gasteiger partial charge in [-0.15, -0.1) is 11.8 Å². The van der Waals surface area contributed by atoms with Crippen molar-refractivity contribution in [1.82, 2.24) is 14.3 Å². The van der Waals surface area contributed by atoms with Crippen molar-refractivity contribution >= 4 is 23.3 Å². The predicted octanol–water partition coefficient (Wildman–Crippen LogP) is 2.23. The third-order valence-corrected chi connectivity index (χ3v) is 5.57. The van der Waals surface area contributed by atoms with E-state index in [1.54, 1.807) is 11.8 Å². The molecular weight excluding hydrogens is 348 g/mol. The quantitative estimate of drug-likeness (QED) is 0.715. The number of aromatic nitrogens is 2. The van der Waals surface area contributed by atoms with E-state index in [1.165, 1.54) is 5.56 Å². The second-order valence-electron chi connectivity index (χ2n) is 6.79. The Balaban J connectivity index is 1.38. The van der Waals surface area contributed by atoms with E-state index in [-0.39, 0.29) is 12.0 Å². The van der Waals surface area contributed by atoms with Crippen molar-refractivity contribution < 1.29 is 9.53 Å². The number of hydrogen-bond donors (Lipinski definition) is 1. The van der Waals surface area contributed by atoms with E-state index in [1.807, 2.05) is 21.6 Å². The molecule has 1 fully saturated rings. The summed E-state index contributed by atoms with van der Waals surface area (Å²) in [5.74, 6) is 1.48. The van der Waals surface area contributed by atoms with Gasteiger partial charge in [0.25, 0.3) is 0 Å². The molecule has 0 unspecified atom stereocenters. The van der Waals surface area contributed by atoms with Crippen LogP contribution in [0, 0.1) is 6.92 Å². The highest BCUT2D eigenvalue weighted by molar-refractivity contribution is 7.99. The Bertz CT molecular complexity index is 725. The van der Waals surface area contributed by atoms with Gasteiger partial charge in [-0.1, -0.05) is 6.07 Å². The fourth-order valence-electron chi connectivity index (χ4n) is 3.16. The highest BCUT2D eigenvalue weighted by atomic mass is 32.2. The number of aryl methyl sites for hydroxylation is 1. The van der Waals surface area contributed by atoms with Gasteiger partial charge in [-0.05, 0) is 44.4 Å². The van der Waals surface area contributed by atoms with Crippen LogP contribution >= 0.6 is 11.8 Å². The number of rotatable bonds is 8. The van der Waals surface area contributed by atoms with E-state index < -0.39 is 0 Å². The molecule has 2 aromatic heterocycles. The van der Waals surface area contributed by atoms with Gasteiger partial charge in [-0.3, -0.25) is 4.79 Å². The average molecular weight is 377 g/mol. The molecule has 1 aliphatic rings. The van der Waals surface area contributed by atoms with E-state index in [0.29, 0.717) is 12.3 Å². The summed E-state index contributed by atoms with van der Waals surface area (Å²) in [6.45, 7) is 5.05. The Labute approximate surface area is 159 Å². The van der Waals surface area contributed by atoms with Gasteiger partial charge in [0, 0.05) is 37.8 Å². The molecule has 0 radical (unpaired) electrons. The van der Waals surface area contributed by atoms with E-state index >= 15 is 0 Å². The van der Waals surface area contributed by atoms with Crippen molar-refractivity contribution in [1.29, 1.82) is 0 Å². The summed E-state index contributed by atoms with van der Waals surface area (Å²) in [5, 5.41) is 0. The van der Waals surface area contributed by atoms with E-state index in [4.69, 9.17) is 10.5 Å². The fourth-order valence-corrected chi connectivity index (χ4v) is 3.97. The molecule has 0 atom stereocenters. The topological polar surface area (TPSA) is 72.9 Å². The Morgan fingerprint density at radius 2 is 2.15 bits per heavy atom. The van der Waals surface area contributed by atoms with Crippen LogP contribution in [-0.2, 0) is 15.3 Å². The van der Waals surface area contributed by atoms with Crippen LogP contribution in [0.15, 0.2) is 24.5 Å². The van der Waals surface area contributed by atoms with Crippen LogP contribution in [0.25, 0.3) is 5.65 Å². The number of nitrogens with zero attached hydrogens (tertiary/aromatic N) is 3. The summed E-state index contributed by atoms with van der Waals surface area (Å²) in [7, 11) is 0. The smallest absolute Gasteiger partial charge is 0.232 e. The van der Waals surface area contributed by atoms with Gasteiger partial charge >= 0.3 is 0 Å². The lowest BCUT2D eigenvalue weighted by Crippen LogP contribution is -2.41. The lowest BCUT2D eigenvalue weighted by Gasteiger charge is -2.32. The maximum Gasteiger partial charge on any atom is 0.232 e. The number of fused-ring (bicyclic) bond motifs is 1. The van der Waals surface area contributed by atoms with E-state index in [0.717, 1.165) is 56.1 Å². The van der Waals surface area contributed by atoms with Crippen molar-refractivity contribution in [2.24, 2.45) is 5.73 Å². The summed E-state index contributed by atoms with van der Waals surface area (Å²) in [4.78, 5) is 19.0. The molecule has 0 bridgehead atoms. The second-order valence-corrected chi connectivity index (χ2v) is 7.78. The van der Waals surface area contributed by atoms with Crippen LogP contribution in [0.5, 0.6) is 0 Å². The van der Waals surface area contributed by atoms with Gasteiger partial charge in [0.1, 0.15) is 5.65 Å². The molecule has 3 rings (SSSR count). The summed E-state index contributed by atoms with van der Waals surface area (Å²) < 4.78 is 7.84. The number of likely N-dealkylation sites (tertiary alicyclic amines) is 1. The van der Waals surface area contributed by atoms with Crippen LogP contribution < -0.4 is 5.73 Å². The van der Waals surface area contributed by atoms with Gasteiger partial charge in [0.2, 0.25) is 5.91 Å². The highest BCUT2D eigenvalue weighted by Gasteiger charge is 2.22. The summed E-state index contributed by atoms with van der Waals surface area (Å²) in [6.07, 6.45) is 7.14. The predicted molar refractivity (Wildman–Crippen MR) is 105 cm³/mol. The first kappa shape index (κ1) is 19.2. The third-order valence-electron chi connectivity index (χ3n) is 4.62. The zero-order chi connectivity index (χ0) is 18.4. The van der Waals surface area contributed by atoms with Crippen LogP contribution in [-0.4, -0.2) is 58.3 Å². The number of carbonyl (C=O) groups excluding carboxylic acids is 1. The Morgan fingerprint density at radius 3 is 2.92 bits per heavy atom. The van der Waals surface area contributed by atoms with E-state index in [2.05, 4.69) is 24.2 Å². The number of carbonyl (C=O) groups is 1. The molecule has 1 saturated heterocycles. The Morgan fingerprint density at radius 1 is 1.35 bits per heavy atom. The van der Waals surface area contributed by atoms with Crippen molar-refractivity contribution in [3.05, 3.63) is 35.8 Å². The number of amides is 1. The molecule has 1 aliphatic heterocycles. The third kappa shape index (κ3) is 5.22. The molecule has 0 aliphatic carbocycles. The molecule has 0 saturated carbocycles. The molecule has 3 heterocycles. The summed E-state index contributed by atoms with van der Waals surface area (Å²) >= 11 is 1.63. The molecule has 0 spiro atoms. The first-order valence-corrected chi connectivity index (χ1v) is 10.4. The zero-order valence-corrected chi connectivity index (χ0v) is 16.2.